The number of anilines is 1. The number of amides is 2. The van der Waals surface area contributed by atoms with E-state index in [0.29, 0.717) is 5.69 Å². The minimum absolute atomic E-state index is 0.118. The van der Waals surface area contributed by atoms with Crippen molar-refractivity contribution in [3.05, 3.63) is 58.6 Å². The highest BCUT2D eigenvalue weighted by Crippen LogP contribution is 2.49. The number of nitrogens with zero attached hydrogens (tertiary/aromatic N) is 3. The van der Waals surface area contributed by atoms with Crippen LogP contribution in [0.25, 0.3) is 0 Å². The molecule has 0 spiro atoms. The van der Waals surface area contributed by atoms with Gasteiger partial charge in [0.15, 0.2) is 0 Å². The fourth-order valence-corrected chi connectivity index (χ4v) is 5.02. The van der Waals surface area contributed by atoms with Crippen molar-refractivity contribution in [3.63, 3.8) is 0 Å². The molecule has 6 nitrogen and oxygen atoms in total. The van der Waals surface area contributed by atoms with Crippen LogP contribution in [-0.4, -0.2) is 48.1 Å². The van der Waals surface area contributed by atoms with Crippen molar-refractivity contribution in [2.45, 2.75) is 18.5 Å². The van der Waals surface area contributed by atoms with Gasteiger partial charge in [0.25, 0.3) is 5.91 Å². The van der Waals surface area contributed by atoms with E-state index < -0.39 is 12.0 Å². The Kier molecular flexibility index (Phi) is 4.26. The lowest BCUT2D eigenvalue weighted by molar-refractivity contribution is -0.126. The molecule has 5 rings (SSSR count). The van der Waals surface area contributed by atoms with Gasteiger partial charge in [-0.15, -0.1) is 0 Å². The molecule has 3 saturated heterocycles. The minimum atomic E-state index is -0.425. The second kappa shape index (κ2) is 6.69. The summed E-state index contributed by atoms with van der Waals surface area (Å²) in [6.07, 6.45) is 0.996. The van der Waals surface area contributed by atoms with E-state index in [0.717, 1.165) is 35.3 Å². The average Bonchev–Trinajstić information content (AvgIpc) is 3.35. The van der Waals surface area contributed by atoms with Gasteiger partial charge in [-0.3, -0.25) is 9.59 Å². The fourth-order valence-electron chi connectivity index (χ4n) is 4.76. The van der Waals surface area contributed by atoms with Gasteiger partial charge in [-0.2, -0.15) is 0 Å². The van der Waals surface area contributed by atoms with E-state index in [4.69, 9.17) is 4.74 Å². The number of hydrazine groups is 1. The van der Waals surface area contributed by atoms with Gasteiger partial charge < -0.3 is 4.74 Å². The van der Waals surface area contributed by atoms with E-state index in [1.165, 1.54) is 4.90 Å². The van der Waals surface area contributed by atoms with Crippen LogP contribution in [0.4, 0.5) is 5.69 Å². The molecule has 0 radical (unpaired) electrons. The van der Waals surface area contributed by atoms with E-state index >= 15 is 0 Å². The number of fused-ring (bicyclic) bond motifs is 3. The molecular formula is C21H20BrN3O3. The number of halogens is 1. The van der Waals surface area contributed by atoms with Crippen molar-refractivity contribution < 1.29 is 14.3 Å². The Bertz CT molecular complexity index is 931. The van der Waals surface area contributed by atoms with Gasteiger partial charge in [-0.05, 0) is 48.4 Å². The Morgan fingerprint density at radius 2 is 1.54 bits per heavy atom. The lowest BCUT2D eigenvalue weighted by Gasteiger charge is -2.29. The van der Waals surface area contributed by atoms with Crippen LogP contribution in [0.5, 0.6) is 5.75 Å². The second-order valence-electron chi connectivity index (χ2n) is 7.36. The highest BCUT2D eigenvalue weighted by molar-refractivity contribution is 9.10. The van der Waals surface area contributed by atoms with Gasteiger partial charge in [0, 0.05) is 17.6 Å². The third-order valence-corrected chi connectivity index (χ3v) is 6.48. The Morgan fingerprint density at radius 3 is 2.18 bits per heavy atom. The Balaban J connectivity index is 1.55. The molecule has 0 unspecified atom stereocenters. The number of hydrogen-bond acceptors (Lipinski definition) is 5. The maximum Gasteiger partial charge on any atom is 0.253 e. The molecule has 2 aromatic carbocycles. The number of benzene rings is 2. The van der Waals surface area contributed by atoms with Crippen molar-refractivity contribution in [1.29, 1.82) is 0 Å². The number of hydrogen-bond donors (Lipinski definition) is 0. The van der Waals surface area contributed by atoms with Gasteiger partial charge in [0.05, 0.1) is 24.8 Å². The molecule has 2 amide bonds. The lowest BCUT2D eigenvalue weighted by Crippen LogP contribution is -2.44. The second-order valence-corrected chi connectivity index (χ2v) is 8.27. The van der Waals surface area contributed by atoms with Gasteiger partial charge in [-0.1, -0.05) is 28.1 Å². The summed E-state index contributed by atoms with van der Waals surface area (Å²) < 4.78 is 6.18. The molecule has 3 aliphatic heterocycles. The number of carbonyl (C=O) groups excluding carboxylic acids is 2. The fraction of sp³-hybridized carbons (Fsp3) is 0.333. The van der Waals surface area contributed by atoms with E-state index in [-0.39, 0.29) is 17.9 Å². The zero-order valence-corrected chi connectivity index (χ0v) is 17.0. The molecule has 7 heteroatoms. The molecule has 0 N–H and O–H groups in total. The molecule has 0 saturated carbocycles. The molecule has 3 fully saturated rings. The summed E-state index contributed by atoms with van der Waals surface area (Å²) in [5, 5.41) is 4.32. The van der Waals surface area contributed by atoms with Gasteiger partial charge in [0.2, 0.25) is 5.91 Å². The number of imide groups is 1. The summed E-state index contributed by atoms with van der Waals surface area (Å²) >= 11 is 3.41. The first kappa shape index (κ1) is 17.8. The maximum absolute atomic E-state index is 13.4. The largest absolute Gasteiger partial charge is 0.497 e. The first-order valence-corrected chi connectivity index (χ1v) is 10.2. The van der Waals surface area contributed by atoms with Crippen molar-refractivity contribution in [2.75, 3.05) is 25.1 Å². The maximum atomic E-state index is 13.4. The monoisotopic (exact) mass is 441 g/mol. The smallest absolute Gasteiger partial charge is 0.253 e. The zero-order valence-electron chi connectivity index (χ0n) is 15.4. The first-order chi connectivity index (χ1) is 13.6. The van der Waals surface area contributed by atoms with E-state index in [1.807, 2.05) is 48.5 Å². The normalized spacial score (nSPS) is 27.4. The van der Waals surface area contributed by atoms with Crippen LogP contribution in [0, 0.1) is 5.92 Å². The molecular weight excluding hydrogens is 422 g/mol. The predicted octanol–water partition coefficient (Wildman–Crippen LogP) is 2.99. The zero-order chi connectivity index (χ0) is 19.4. The summed E-state index contributed by atoms with van der Waals surface area (Å²) in [5.41, 5.74) is 1.67. The molecule has 144 valence electrons. The highest BCUT2D eigenvalue weighted by atomic mass is 79.9. The third kappa shape index (κ3) is 2.53. The number of methoxy groups -OCH3 is 1. The SMILES string of the molecule is COc1ccc([C@H]2[C@@H]3C(=O)N(c4ccc(Br)cc4)C(=O)[C@H]3N3CCCN23)cc1. The molecule has 3 heterocycles. The first-order valence-electron chi connectivity index (χ1n) is 9.40. The van der Waals surface area contributed by atoms with Crippen molar-refractivity contribution >= 4 is 33.4 Å². The number of ether oxygens (including phenoxy) is 1. The standard InChI is InChI=1S/C21H20BrN3O3/c1-28-16-9-3-13(4-10-16)18-17-19(24-12-2-11-23(18)24)21(27)25(20(17)26)15-7-5-14(22)6-8-15/h3-10,17-19H,2,11-12H2,1H3/t17-,18-,19-/m0/s1. The van der Waals surface area contributed by atoms with Crippen molar-refractivity contribution in [1.82, 2.24) is 10.0 Å². The van der Waals surface area contributed by atoms with E-state index in [2.05, 4.69) is 25.9 Å². The van der Waals surface area contributed by atoms with Gasteiger partial charge in [-0.25, -0.2) is 14.9 Å². The summed E-state index contributed by atoms with van der Waals surface area (Å²) in [5.74, 6) is 0.138. The molecule has 3 atom stereocenters. The quantitative estimate of drug-likeness (QED) is 0.685. The predicted molar refractivity (Wildman–Crippen MR) is 108 cm³/mol. The van der Waals surface area contributed by atoms with Crippen molar-refractivity contribution in [2.24, 2.45) is 5.92 Å². The Hall–Kier alpha value is -2.22. The summed E-state index contributed by atoms with van der Waals surface area (Å²) in [6.45, 7) is 1.67. The molecule has 0 bridgehead atoms. The third-order valence-electron chi connectivity index (χ3n) is 5.95. The number of rotatable bonds is 3. The van der Waals surface area contributed by atoms with E-state index in [1.54, 1.807) is 7.11 Å². The molecule has 3 aliphatic rings. The Labute approximate surface area is 171 Å². The summed E-state index contributed by atoms with van der Waals surface area (Å²) in [7, 11) is 1.64. The molecule has 2 aromatic rings. The topological polar surface area (TPSA) is 53.1 Å². The van der Waals surface area contributed by atoms with Crippen LogP contribution < -0.4 is 9.64 Å². The van der Waals surface area contributed by atoms with Crippen LogP contribution in [0.2, 0.25) is 0 Å². The summed E-state index contributed by atoms with van der Waals surface area (Å²) in [6, 6.07) is 14.6. The van der Waals surface area contributed by atoms with Gasteiger partial charge >= 0.3 is 0 Å². The van der Waals surface area contributed by atoms with Crippen LogP contribution >= 0.6 is 15.9 Å². The van der Waals surface area contributed by atoms with Crippen LogP contribution in [0.3, 0.4) is 0 Å². The van der Waals surface area contributed by atoms with Gasteiger partial charge in [0.1, 0.15) is 11.8 Å². The molecule has 0 aliphatic carbocycles. The van der Waals surface area contributed by atoms with E-state index in [9.17, 15) is 9.59 Å². The molecule has 28 heavy (non-hydrogen) atoms. The Morgan fingerprint density at radius 1 is 0.893 bits per heavy atom. The highest BCUT2D eigenvalue weighted by Gasteiger charge is 2.62. The van der Waals surface area contributed by atoms with Crippen LogP contribution in [0.1, 0.15) is 18.0 Å². The number of carbonyl (C=O) groups is 2. The lowest BCUT2D eigenvalue weighted by atomic mass is 9.90. The van der Waals surface area contributed by atoms with Crippen LogP contribution in [0.15, 0.2) is 53.0 Å². The average molecular weight is 442 g/mol. The molecule has 0 aromatic heterocycles. The summed E-state index contributed by atoms with van der Waals surface area (Å²) in [4.78, 5) is 28.1. The van der Waals surface area contributed by atoms with Crippen molar-refractivity contribution in [3.8, 4) is 5.75 Å². The minimum Gasteiger partial charge on any atom is -0.497 e. The van der Waals surface area contributed by atoms with Crippen LogP contribution in [-0.2, 0) is 9.59 Å².